The van der Waals surface area contributed by atoms with Crippen LogP contribution >= 0.6 is 21.6 Å². The van der Waals surface area contributed by atoms with E-state index >= 15 is 0 Å². The Morgan fingerprint density at radius 3 is 1.96 bits per heavy atom. The van der Waals surface area contributed by atoms with Gasteiger partial charge in [0.2, 0.25) is 5.91 Å². The predicted octanol–water partition coefficient (Wildman–Crippen LogP) is 7.91. The molecule has 1 N–H and O–H groups in total. The predicted molar refractivity (Wildman–Crippen MR) is 126 cm³/mol. The largest absolute Gasteiger partial charge is 0.356 e. The fraction of sp³-hybridized carbons (Fsp3) is 0.957. The summed E-state index contributed by atoms with van der Waals surface area (Å²) < 4.78 is 0. The Morgan fingerprint density at radius 1 is 0.815 bits per heavy atom. The van der Waals surface area contributed by atoms with Crippen molar-refractivity contribution >= 4 is 27.5 Å². The van der Waals surface area contributed by atoms with Crippen molar-refractivity contribution in [3.63, 3.8) is 0 Å². The maximum atomic E-state index is 11.8. The zero-order valence-corrected chi connectivity index (χ0v) is 19.6. The second-order valence-electron chi connectivity index (χ2n) is 8.17. The molecule has 1 aliphatic heterocycles. The van der Waals surface area contributed by atoms with Gasteiger partial charge < -0.3 is 5.32 Å². The van der Waals surface area contributed by atoms with Gasteiger partial charge in [0.1, 0.15) is 0 Å². The van der Waals surface area contributed by atoms with E-state index in [2.05, 4.69) is 12.2 Å². The zero-order chi connectivity index (χ0) is 19.4. The van der Waals surface area contributed by atoms with Gasteiger partial charge in [0.05, 0.1) is 0 Å². The first kappa shape index (κ1) is 25.2. The second kappa shape index (κ2) is 19.5. The second-order valence-corrected chi connectivity index (χ2v) is 11.0. The minimum absolute atomic E-state index is 0.266. The first-order valence-electron chi connectivity index (χ1n) is 11.9. The monoisotopic (exact) mass is 415 g/mol. The molecule has 0 saturated carbocycles. The van der Waals surface area contributed by atoms with Gasteiger partial charge in [-0.25, -0.2) is 0 Å². The fourth-order valence-electron chi connectivity index (χ4n) is 3.68. The lowest BCUT2D eigenvalue weighted by molar-refractivity contribution is -0.121. The molecule has 1 amide bonds. The number of unbranched alkanes of at least 4 members (excludes halogenated alkanes) is 13. The molecule has 4 heteroatoms. The van der Waals surface area contributed by atoms with E-state index in [1.54, 1.807) is 0 Å². The Kier molecular flexibility index (Phi) is 18.2. The molecule has 1 rings (SSSR count). The smallest absolute Gasteiger partial charge is 0.219 e. The SMILES string of the molecule is CCCCCCCCCCCCCCCNC(=O)CCCCC1CCSS1. The number of amides is 1. The van der Waals surface area contributed by atoms with Crippen LogP contribution in [-0.4, -0.2) is 23.5 Å². The molecule has 1 unspecified atom stereocenters. The van der Waals surface area contributed by atoms with Gasteiger partial charge in [-0.2, -0.15) is 0 Å². The molecule has 1 saturated heterocycles. The number of carbonyl (C=O) groups excluding carboxylic acids is 1. The van der Waals surface area contributed by atoms with Crippen LogP contribution in [0, 0.1) is 0 Å². The molecule has 0 spiro atoms. The van der Waals surface area contributed by atoms with Gasteiger partial charge in [0, 0.05) is 24.0 Å². The molecule has 1 aliphatic rings. The molecule has 160 valence electrons. The van der Waals surface area contributed by atoms with Crippen LogP contribution in [0.25, 0.3) is 0 Å². The number of hydrogen-bond acceptors (Lipinski definition) is 3. The van der Waals surface area contributed by atoms with Gasteiger partial charge in [-0.15, -0.1) is 0 Å². The summed E-state index contributed by atoms with van der Waals surface area (Å²) in [6.45, 7) is 3.16. The minimum Gasteiger partial charge on any atom is -0.356 e. The highest BCUT2D eigenvalue weighted by atomic mass is 33.1. The summed E-state index contributed by atoms with van der Waals surface area (Å²) in [5, 5.41) is 3.95. The third-order valence-corrected chi connectivity index (χ3v) is 8.52. The van der Waals surface area contributed by atoms with E-state index < -0.39 is 0 Å². The molecule has 0 aromatic rings. The summed E-state index contributed by atoms with van der Waals surface area (Å²) in [4.78, 5) is 11.8. The summed E-state index contributed by atoms with van der Waals surface area (Å²) in [7, 11) is 4.06. The van der Waals surface area contributed by atoms with Crippen molar-refractivity contribution in [2.75, 3.05) is 12.3 Å². The lowest BCUT2D eigenvalue weighted by atomic mass is 10.0. The first-order chi connectivity index (χ1) is 13.3. The van der Waals surface area contributed by atoms with Gasteiger partial charge in [-0.05, 0) is 25.7 Å². The van der Waals surface area contributed by atoms with Crippen molar-refractivity contribution in [2.24, 2.45) is 0 Å². The molecule has 0 radical (unpaired) electrons. The molecule has 0 aromatic heterocycles. The van der Waals surface area contributed by atoms with Crippen LogP contribution in [0.5, 0.6) is 0 Å². The number of hydrogen-bond donors (Lipinski definition) is 1. The average Bonchev–Trinajstić information content (AvgIpc) is 3.19. The van der Waals surface area contributed by atoms with Crippen LogP contribution in [0.4, 0.5) is 0 Å². The quantitative estimate of drug-likeness (QED) is 0.172. The van der Waals surface area contributed by atoms with Crippen molar-refractivity contribution in [2.45, 2.75) is 128 Å². The highest BCUT2D eigenvalue weighted by Gasteiger charge is 2.15. The van der Waals surface area contributed by atoms with Crippen molar-refractivity contribution < 1.29 is 4.79 Å². The number of nitrogens with one attached hydrogen (secondary N) is 1. The molecule has 2 nitrogen and oxygen atoms in total. The zero-order valence-electron chi connectivity index (χ0n) is 17.9. The Bertz CT molecular complexity index is 332. The van der Waals surface area contributed by atoms with E-state index in [9.17, 15) is 4.79 Å². The van der Waals surface area contributed by atoms with Gasteiger partial charge in [-0.1, -0.05) is 112 Å². The van der Waals surface area contributed by atoms with Crippen LogP contribution in [0.15, 0.2) is 0 Å². The topological polar surface area (TPSA) is 29.1 Å². The van der Waals surface area contributed by atoms with Crippen LogP contribution < -0.4 is 5.32 Å². The van der Waals surface area contributed by atoms with E-state index in [4.69, 9.17) is 0 Å². The molecule has 1 atom stereocenters. The van der Waals surface area contributed by atoms with Gasteiger partial charge in [0.15, 0.2) is 0 Å². The summed E-state index contributed by atoms with van der Waals surface area (Å²) in [5.41, 5.74) is 0. The lowest BCUT2D eigenvalue weighted by Gasteiger charge is -2.07. The molecule has 1 fully saturated rings. The fourth-order valence-corrected chi connectivity index (χ4v) is 6.71. The normalized spacial score (nSPS) is 16.7. The van der Waals surface area contributed by atoms with Crippen molar-refractivity contribution in [3.8, 4) is 0 Å². The standard InChI is InChI=1S/C23H45NOS2/c1-2-3-4-5-6-7-8-9-10-11-12-13-16-20-24-23(25)18-15-14-17-22-19-21-26-27-22/h22H,2-21H2,1H3,(H,24,25). The van der Waals surface area contributed by atoms with Gasteiger partial charge >= 0.3 is 0 Å². The lowest BCUT2D eigenvalue weighted by Crippen LogP contribution is -2.24. The van der Waals surface area contributed by atoms with E-state index in [1.807, 2.05) is 21.6 Å². The maximum Gasteiger partial charge on any atom is 0.219 e. The van der Waals surface area contributed by atoms with Crippen LogP contribution in [-0.2, 0) is 4.79 Å². The third kappa shape index (κ3) is 16.8. The molecule has 0 aromatic carbocycles. The van der Waals surface area contributed by atoms with Crippen molar-refractivity contribution in [1.82, 2.24) is 5.32 Å². The average molecular weight is 416 g/mol. The van der Waals surface area contributed by atoms with Crippen LogP contribution in [0.3, 0.4) is 0 Å². The maximum absolute atomic E-state index is 11.8. The third-order valence-electron chi connectivity index (χ3n) is 5.51. The highest BCUT2D eigenvalue weighted by molar-refractivity contribution is 8.77. The van der Waals surface area contributed by atoms with Crippen LogP contribution in [0.2, 0.25) is 0 Å². The van der Waals surface area contributed by atoms with Crippen molar-refractivity contribution in [1.29, 1.82) is 0 Å². The summed E-state index contributed by atoms with van der Waals surface area (Å²) in [5.74, 6) is 1.58. The summed E-state index contributed by atoms with van der Waals surface area (Å²) in [6, 6.07) is 0. The molecular formula is C23H45NOS2. The first-order valence-corrected chi connectivity index (χ1v) is 14.3. The molecule has 27 heavy (non-hydrogen) atoms. The molecule has 0 aliphatic carbocycles. The Balaban J connectivity index is 1.71. The van der Waals surface area contributed by atoms with E-state index in [0.29, 0.717) is 0 Å². The van der Waals surface area contributed by atoms with Crippen molar-refractivity contribution in [3.05, 3.63) is 0 Å². The Labute approximate surface area is 177 Å². The van der Waals surface area contributed by atoms with E-state index in [-0.39, 0.29) is 5.91 Å². The minimum atomic E-state index is 0.266. The van der Waals surface area contributed by atoms with Crippen LogP contribution in [0.1, 0.15) is 122 Å². The summed E-state index contributed by atoms with van der Waals surface area (Å²) in [6.07, 6.45) is 23.6. The van der Waals surface area contributed by atoms with E-state index in [0.717, 1.165) is 31.1 Å². The summed E-state index contributed by atoms with van der Waals surface area (Å²) >= 11 is 0. The van der Waals surface area contributed by atoms with E-state index in [1.165, 1.54) is 102 Å². The Morgan fingerprint density at radius 2 is 1.41 bits per heavy atom. The van der Waals surface area contributed by atoms with Gasteiger partial charge in [-0.3, -0.25) is 4.79 Å². The number of carbonyl (C=O) groups is 1. The molecular weight excluding hydrogens is 370 g/mol. The molecule has 1 heterocycles. The highest BCUT2D eigenvalue weighted by Crippen LogP contribution is 2.39. The molecule has 0 bridgehead atoms. The number of rotatable bonds is 19. The Hall–Kier alpha value is 0.170. The van der Waals surface area contributed by atoms with Gasteiger partial charge in [0.25, 0.3) is 0 Å².